The molecule has 0 radical (unpaired) electrons. The van der Waals surface area contributed by atoms with E-state index in [1.807, 2.05) is 6.20 Å². The van der Waals surface area contributed by atoms with Crippen LogP contribution < -0.4 is 0 Å². The molecular weight excluding hydrogens is 206 g/mol. The fourth-order valence-corrected chi connectivity index (χ4v) is 2.86. The van der Waals surface area contributed by atoms with Crippen molar-refractivity contribution >= 4 is 0 Å². The Hall–Kier alpha value is -1.63. The minimum absolute atomic E-state index is 1.05. The summed E-state index contributed by atoms with van der Waals surface area (Å²) in [7, 11) is 0. The first-order chi connectivity index (χ1) is 8.09. The van der Waals surface area contributed by atoms with Crippen molar-refractivity contribution in [2.75, 3.05) is 0 Å². The van der Waals surface area contributed by atoms with Crippen LogP contribution in [0.1, 0.15) is 33.5 Å². The van der Waals surface area contributed by atoms with E-state index in [1.165, 1.54) is 44.6 Å². The average Bonchev–Trinajstić information content (AvgIpc) is 2.70. The Morgan fingerprint density at radius 1 is 0.941 bits per heavy atom. The summed E-state index contributed by atoms with van der Waals surface area (Å²) in [5, 5.41) is 0. The van der Waals surface area contributed by atoms with Crippen LogP contribution in [0.15, 0.2) is 18.3 Å². The summed E-state index contributed by atoms with van der Waals surface area (Å²) < 4.78 is 0. The van der Waals surface area contributed by atoms with Crippen molar-refractivity contribution < 1.29 is 0 Å². The summed E-state index contributed by atoms with van der Waals surface area (Å²) in [4.78, 5) is 4.49. The highest BCUT2D eigenvalue weighted by molar-refractivity contribution is 5.81. The molecule has 1 heteroatoms. The number of aryl methyl sites for hydroxylation is 3. The van der Waals surface area contributed by atoms with E-state index < -0.39 is 0 Å². The van der Waals surface area contributed by atoms with E-state index in [-0.39, 0.29) is 0 Å². The van der Waals surface area contributed by atoms with Gasteiger partial charge in [0.1, 0.15) is 0 Å². The monoisotopic (exact) mass is 223 g/mol. The topological polar surface area (TPSA) is 12.9 Å². The Morgan fingerprint density at radius 3 is 2.47 bits per heavy atom. The van der Waals surface area contributed by atoms with Crippen molar-refractivity contribution in [3.8, 4) is 11.1 Å². The van der Waals surface area contributed by atoms with Gasteiger partial charge in [-0.25, -0.2) is 0 Å². The van der Waals surface area contributed by atoms with Crippen LogP contribution in [0.25, 0.3) is 11.1 Å². The van der Waals surface area contributed by atoms with E-state index in [0.29, 0.717) is 0 Å². The number of hydrogen-bond donors (Lipinski definition) is 0. The SMILES string of the molecule is Cc1ccc2c(c1C)Cc1c(C)ncc(C)c1-2. The quantitative estimate of drug-likeness (QED) is 0.563. The molecule has 2 aromatic rings. The third kappa shape index (κ3) is 1.35. The van der Waals surface area contributed by atoms with Crippen LogP contribution in [0.3, 0.4) is 0 Å². The summed E-state index contributed by atoms with van der Waals surface area (Å²) in [5.74, 6) is 0. The van der Waals surface area contributed by atoms with E-state index in [1.54, 1.807) is 0 Å². The van der Waals surface area contributed by atoms with Gasteiger partial charge < -0.3 is 0 Å². The van der Waals surface area contributed by atoms with Gasteiger partial charge in [0.05, 0.1) is 0 Å². The van der Waals surface area contributed by atoms with Gasteiger partial charge >= 0.3 is 0 Å². The molecule has 0 amide bonds. The molecule has 0 N–H and O–H groups in total. The number of hydrogen-bond acceptors (Lipinski definition) is 1. The summed E-state index contributed by atoms with van der Waals surface area (Å²) >= 11 is 0. The number of fused-ring (bicyclic) bond motifs is 3. The van der Waals surface area contributed by atoms with E-state index in [0.717, 1.165) is 6.42 Å². The normalized spacial score (nSPS) is 12.5. The first kappa shape index (κ1) is 10.5. The van der Waals surface area contributed by atoms with Gasteiger partial charge in [-0.2, -0.15) is 0 Å². The van der Waals surface area contributed by atoms with Crippen LogP contribution >= 0.6 is 0 Å². The minimum Gasteiger partial charge on any atom is -0.261 e. The molecule has 0 unspecified atom stereocenters. The maximum Gasteiger partial charge on any atom is 0.0414 e. The lowest BCUT2D eigenvalue weighted by Gasteiger charge is -2.08. The van der Waals surface area contributed by atoms with Crippen LogP contribution in [-0.4, -0.2) is 4.98 Å². The number of nitrogens with zero attached hydrogens (tertiary/aromatic N) is 1. The zero-order valence-electron chi connectivity index (χ0n) is 10.9. The molecule has 0 spiro atoms. The maximum absolute atomic E-state index is 4.49. The highest BCUT2D eigenvalue weighted by atomic mass is 14.7. The first-order valence-corrected chi connectivity index (χ1v) is 6.14. The molecule has 17 heavy (non-hydrogen) atoms. The van der Waals surface area contributed by atoms with E-state index >= 15 is 0 Å². The van der Waals surface area contributed by atoms with Crippen LogP contribution in [0.4, 0.5) is 0 Å². The van der Waals surface area contributed by atoms with Crippen molar-refractivity contribution in [1.29, 1.82) is 0 Å². The summed E-state index contributed by atoms with van der Waals surface area (Å²) in [5.41, 5.74) is 11.1. The lowest BCUT2D eigenvalue weighted by molar-refractivity contribution is 1.09. The molecule has 1 aromatic heterocycles. The molecule has 1 heterocycles. The van der Waals surface area contributed by atoms with E-state index in [2.05, 4.69) is 44.8 Å². The molecule has 1 nitrogen and oxygen atoms in total. The van der Waals surface area contributed by atoms with Gasteiger partial charge in [0.2, 0.25) is 0 Å². The molecule has 0 fully saturated rings. The molecule has 0 bridgehead atoms. The molecule has 1 aliphatic rings. The summed E-state index contributed by atoms with van der Waals surface area (Å²) in [6.45, 7) is 8.70. The number of rotatable bonds is 0. The van der Waals surface area contributed by atoms with Crippen molar-refractivity contribution in [1.82, 2.24) is 4.98 Å². The number of pyridine rings is 1. The fraction of sp³-hybridized carbons (Fsp3) is 0.312. The molecule has 86 valence electrons. The van der Waals surface area contributed by atoms with Gasteiger partial charge in [-0.1, -0.05) is 12.1 Å². The molecule has 0 atom stereocenters. The standard InChI is InChI=1S/C16H17N/c1-9-5-6-13-14(11(9)3)7-15-12(4)17-8-10(2)16(13)15/h5-6,8H,7H2,1-4H3. The third-order valence-electron chi connectivity index (χ3n) is 4.08. The zero-order chi connectivity index (χ0) is 12.2. The predicted molar refractivity (Wildman–Crippen MR) is 71.4 cm³/mol. The van der Waals surface area contributed by atoms with Crippen LogP contribution in [0, 0.1) is 27.7 Å². The van der Waals surface area contributed by atoms with Gasteiger partial charge in [-0.3, -0.25) is 4.98 Å². The average molecular weight is 223 g/mol. The van der Waals surface area contributed by atoms with Crippen LogP contribution in [-0.2, 0) is 6.42 Å². The van der Waals surface area contributed by atoms with Crippen LogP contribution in [0.5, 0.6) is 0 Å². The molecule has 0 aliphatic heterocycles. The van der Waals surface area contributed by atoms with Crippen molar-refractivity contribution in [2.24, 2.45) is 0 Å². The van der Waals surface area contributed by atoms with Gasteiger partial charge in [-0.15, -0.1) is 0 Å². The first-order valence-electron chi connectivity index (χ1n) is 6.14. The zero-order valence-corrected chi connectivity index (χ0v) is 10.9. The molecule has 0 saturated heterocycles. The second kappa shape index (κ2) is 3.43. The van der Waals surface area contributed by atoms with Gasteiger partial charge in [0, 0.05) is 18.3 Å². The lowest BCUT2D eigenvalue weighted by Crippen LogP contribution is -1.93. The highest BCUT2D eigenvalue weighted by Crippen LogP contribution is 2.41. The smallest absolute Gasteiger partial charge is 0.0414 e. The second-order valence-electron chi connectivity index (χ2n) is 5.09. The lowest BCUT2D eigenvalue weighted by atomic mass is 9.97. The van der Waals surface area contributed by atoms with Crippen molar-refractivity contribution in [3.63, 3.8) is 0 Å². The third-order valence-corrected chi connectivity index (χ3v) is 4.08. The van der Waals surface area contributed by atoms with E-state index in [9.17, 15) is 0 Å². The predicted octanol–water partition coefficient (Wildman–Crippen LogP) is 3.89. The van der Waals surface area contributed by atoms with Crippen molar-refractivity contribution in [2.45, 2.75) is 34.1 Å². The Morgan fingerprint density at radius 2 is 1.71 bits per heavy atom. The van der Waals surface area contributed by atoms with E-state index in [4.69, 9.17) is 0 Å². The van der Waals surface area contributed by atoms with Gasteiger partial charge in [0.25, 0.3) is 0 Å². The summed E-state index contributed by atoms with van der Waals surface area (Å²) in [6.07, 6.45) is 3.05. The summed E-state index contributed by atoms with van der Waals surface area (Å²) in [6, 6.07) is 4.51. The molecule has 1 aliphatic carbocycles. The minimum atomic E-state index is 1.05. The number of benzene rings is 1. The Balaban J connectivity index is 2.36. The second-order valence-corrected chi connectivity index (χ2v) is 5.09. The Bertz CT molecular complexity index is 624. The molecule has 3 rings (SSSR count). The molecule has 1 aromatic carbocycles. The van der Waals surface area contributed by atoms with Gasteiger partial charge in [-0.05, 0) is 66.6 Å². The largest absolute Gasteiger partial charge is 0.261 e. The van der Waals surface area contributed by atoms with Gasteiger partial charge in [0.15, 0.2) is 0 Å². The maximum atomic E-state index is 4.49. The highest BCUT2D eigenvalue weighted by Gasteiger charge is 2.24. The Labute approximate surface area is 103 Å². The Kier molecular flexibility index (Phi) is 2.12. The number of aromatic nitrogens is 1. The molecule has 0 saturated carbocycles. The molecular formula is C16H17N. The van der Waals surface area contributed by atoms with Crippen LogP contribution in [0.2, 0.25) is 0 Å². The van der Waals surface area contributed by atoms with Crippen molar-refractivity contribution in [3.05, 3.63) is 51.8 Å². The fourth-order valence-electron chi connectivity index (χ4n) is 2.86.